The number of rotatable bonds is 3. The first-order valence-electron chi connectivity index (χ1n) is 7.50. The van der Waals surface area contributed by atoms with Crippen LogP contribution in [-0.2, 0) is 5.75 Å². The molecule has 0 aromatic heterocycles. The highest BCUT2D eigenvalue weighted by Crippen LogP contribution is 2.42. The van der Waals surface area contributed by atoms with Gasteiger partial charge in [0.25, 0.3) is 0 Å². The summed E-state index contributed by atoms with van der Waals surface area (Å²) in [4.78, 5) is 0. The van der Waals surface area contributed by atoms with Crippen LogP contribution < -0.4 is 5.32 Å². The highest BCUT2D eigenvalue weighted by Gasteiger charge is 2.27. The third-order valence-electron chi connectivity index (χ3n) is 4.52. The molecule has 22 heavy (non-hydrogen) atoms. The van der Waals surface area contributed by atoms with Gasteiger partial charge in [0.05, 0.1) is 10.0 Å². The Balaban J connectivity index is 2.06. The second-order valence-electron chi connectivity index (χ2n) is 5.77. The first-order chi connectivity index (χ1) is 10.6. The van der Waals surface area contributed by atoms with Crippen LogP contribution in [0.25, 0.3) is 0 Å². The maximum Gasteiger partial charge on any atom is 0.0595 e. The summed E-state index contributed by atoms with van der Waals surface area (Å²) >= 11 is 16.7. The van der Waals surface area contributed by atoms with Gasteiger partial charge in [0, 0.05) is 17.7 Å². The molecule has 0 spiro atoms. The molecule has 1 aliphatic rings. The molecule has 0 amide bonds. The molecular formula is C18H19Cl2NS. The molecule has 0 radical (unpaired) electrons. The van der Waals surface area contributed by atoms with Gasteiger partial charge in [-0.2, -0.15) is 12.6 Å². The fourth-order valence-corrected chi connectivity index (χ4v) is 3.86. The summed E-state index contributed by atoms with van der Waals surface area (Å²) in [6.45, 7) is 0. The zero-order valence-corrected chi connectivity index (χ0v) is 14.8. The number of nitrogens with one attached hydrogen (secondary N) is 1. The minimum absolute atomic E-state index is 0.378. The average molecular weight is 352 g/mol. The van der Waals surface area contributed by atoms with E-state index in [0.717, 1.165) is 18.6 Å². The second kappa shape index (κ2) is 6.84. The summed E-state index contributed by atoms with van der Waals surface area (Å²) in [5.74, 6) is 1.14. The Hall–Kier alpha value is -0.670. The van der Waals surface area contributed by atoms with Gasteiger partial charge in [-0.15, -0.1) is 0 Å². The number of thiol groups is 1. The fraction of sp³-hybridized carbons (Fsp3) is 0.333. The molecule has 0 saturated carbocycles. The molecule has 116 valence electrons. The smallest absolute Gasteiger partial charge is 0.0595 e. The Labute approximate surface area is 147 Å². The van der Waals surface area contributed by atoms with Gasteiger partial charge < -0.3 is 5.32 Å². The minimum atomic E-state index is 0.378. The van der Waals surface area contributed by atoms with Crippen LogP contribution in [0, 0.1) is 0 Å². The summed E-state index contributed by atoms with van der Waals surface area (Å²) in [6.07, 6.45) is 2.22. The van der Waals surface area contributed by atoms with Gasteiger partial charge in [0.2, 0.25) is 0 Å². The van der Waals surface area contributed by atoms with Gasteiger partial charge in [-0.05, 0) is 54.3 Å². The van der Waals surface area contributed by atoms with E-state index in [2.05, 4.69) is 42.2 Å². The molecule has 2 aromatic carbocycles. The maximum atomic E-state index is 6.21. The van der Waals surface area contributed by atoms with Gasteiger partial charge in [-0.25, -0.2) is 0 Å². The molecule has 0 aliphatic heterocycles. The van der Waals surface area contributed by atoms with Crippen LogP contribution in [0.5, 0.6) is 0 Å². The van der Waals surface area contributed by atoms with E-state index < -0.39 is 0 Å². The zero-order valence-electron chi connectivity index (χ0n) is 12.4. The SMILES string of the molecule is CNC1CCC(c2ccc(Cl)c(Cl)c2)c2ccc(CS)cc21. The molecule has 2 atom stereocenters. The molecule has 2 unspecified atom stereocenters. The zero-order chi connectivity index (χ0) is 15.7. The van der Waals surface area contributed by atoms with E-state index in [0.29, 0.717) is 22.0 Å². The molecule has 1 aliphatic carbocycles. The van der Waals surface area contributed by atoms with Crippen molar-refractivity contribution < 1.29 is 0 Å². The number of halogens is 2. The van der Waals surface area contributed by atoms with Crippen molar-refractivity contribution in [3.63, 3.8) is 0 Å². The van der Waals surface area contributed by atoms with E-state index in [9.17, 15) is 0 Å². The number of hydrogen-bond acceptors (Lipinski definition) is 2. The van der Waals surface area contributed by atoms with Crippen LogP contribution in [-0.4, -0.2) is 7.05 Å². The van der Waals surface area contributed by atoms with Crippen LogP contribution in [0.1, 0.15) is 47.1 Å². The highest BCUT2D eigenvalue weighted by molar-refractivity contribution is 7.79. The predicted octanol–water partition coefficient (Wildman–Crippen LogP) is 5.61. The van der Waals surface area contributed by atoms with Crippen LogP contribution in [0.4, 0.5) is 0 Å². The Kier molecular flexibility index (Phi) is 5.03. The van der Waals surface area contributed by atoms with Crippen LogP contribution in [0.3, 0.4) is 0 Å². The van der Waals surface area contributed by atoms with Crippen LogP contribution in [0.15, 0.2) is 36.4 Å². The first-order valence-corrected chi connectivity index (χ1v) is 8.88. The Bertz CT molecular complexity index is 687. The van der Waals surface area contributed by atoms with E-state index in [1.165, 1.54) is 22.3 Å². The summed E-state index contributed by atoms with van der Waals surface area (Å²) in [5, 5.41) is 4.67. The summed E-state index contributed by atoms with van der Waals surface area (Å²) in [7, 11) is 2.03. The van der Waals surface area contributed by atoms with Crippen molar-refractivity contribution in [2.75, 3.05) is 7.05 Å². The fourth-order valence-electron chi connectivity index (χ4n) is 3.36. The predicted molar refractivity (Wildman–Crippen MR) is 98.5 cm³/mol. The topological polar surface area (TPSA) is 12.0 Å². The largest absolute Gasteiger partial charge is 0.313 e. The Morgan fingerprint density at radius 1 is 1.05 bits per heavy atom. The summed E-state index contributed by atoms with van der Waals surface area (Å²) in [6, 6.07) is 13.1. The number of fused-ring (bicyclic) bond motifs is 1. The van der Waals surface area contributed by atoms with Crippen molar-refractivity contribution in [1.82, 2.24) is 5.32 Å². The lowest BCUT2D eigenvalue weighted by Crippen LogP contribution is -2.24. The highest BCUT2D eigenvalue weighted by atomic mass is 35.5. The van der Waals surface area contributed by atoms with Gasteiger partial charge in [0.15, 0.2) is 0 Å². The Morgan fingerprint density at radius 3 is 2.55 bits per heavy atom. The lowest BCUT2D eigenvalue weighted by atomic mass is 9.76. The lowest BCUT2D eigenvalue weighted by Gasteiger charge is -2.32. The Morgan fingerprint density at radius 2 is 1.86 bits per heavy atom. The van der Waals surface area contributed by atoms with Crippen molar-refractivity contribution in [2.24, 2.45) is 0 Å². The van der Waals surface area contributed by atoms with E-state index in [4.69, 9.17) is 23.2 Å². The van der Waals surface area contributed by atoms with Gasteiger partial charge in [-0.3, -0.25) is 0 Å². The lowest BCUT2D eigenvalue weighted by molar-refractivity contribution is 0.470. The van der Waals surface area contributed by atoms with Crippen LogP contribution in [0.2, 0.25) is 10.0 Å². The molecule has 0 saturated heterocycles. The van der Waals surface area contributed by atoms with Crippen molar-refractivity contribution in [3.05, 3.63) is 68.7 Å². The van der Waals surface area contributed by atoms with Gasteiger partial charge in [-0.1, -0.05) is 47.5 Å². The molecular weight excluding hydrogens is 333 g/mol. The maximum absolute atomic E-state index is 6.21. The second-order valence-corrected chi connectivity index (χ2v) is 6.90. The number of benzene rings is 2. The molecule has 2 aromatic rings. The molecule has 0 heterocycles. The summed E-state index contributed by atoms with van der Waals surface area (Å²) in [5.41, 5.74) is 5.27. The first kappa shape index (κ1) is 16.2. The minimum Gasteiger partial charge on any atom is -0.313 e. The van der Waals surface area contributed by atoms with Crippen molar-refractivity contribution in [1.29, 1.82) is 0 Å². The quantitative estimate of drug-likeness (QED) is 0.684. The third-order valence-corrected chi connectivity index (χ3v) is 5.63. The normalized spacial score (nSPS) is 20.7. The van der Waals surface area contributed by atoms with Gasteiger partial charge in [0.1, 0.15) is 0 Å². The average Bonchev–Trinajstić information content (AvgIpc) is 2.55. The van der Waals surface area contributed by atoms with Crippen LogP contribution >= 0.6 is 35.8 Å². The van der Waals surface area contributed by atoms with Crippen molar-refractivity contribution >= 4 is 35.8 Å². The molecule has 4 heteroatoms. The van der Waals surface area contributed by atoms with Crippen molar-refractivity contribution in [2.45, 2.75) is 30.6 Å². The standard InChI is InChI=1S/C18H19Cl2NS/c1-21-18-7-5-13(12-3-6-16(19)17(20)9-12)14-4-2-11(10-22)8-15(14)18/h2-4,6,8-9,13,18,21-22H,5,7,10H2,1H3. The van der Waals surface area contributed by atoms with E-state index >= 15 is 0 Å². The van der Waals surface area contributed by atoms with Crippen molar-refractivity contribution in [3.8, 4) is 0 Å². The molecule has 0 bridgehead atoms. The summed E-state index contributed by atoms with van der Waals surface area (Å²) < 4.78 is 0. The molecule has 3 rings (SSSR count). The third kappa shape index (κ3) is 3.03. The van der Waals surface area contributed by atoms with E-state index in [1.807, 2.05) is 19.2 Å². The van der Waals surface area contributed by atoms with E-state index in [1.54, 1.807) is 0 Å². The molecule has 1 N–H and O–H groups in total. The molecule has 1 nitrogen and oxygen atoms in total. The number of hydrogen-bond donors (Lipinski definition) is 2. The van der Waals surface area contributed by atoms with Gasteiger partial charge >= 0.3 is 0 Å². The molecule has 0 fully saturated rings. The monoisotopic (exact) mass is 351 g/mol. The van der Waals surface area contributed by atoms with E-state index in [-0.39, 0.29) is 0 Å².